The van der Waals surface area contributed by atoms with Crippen molar-refractivity contribution in [2.75, 3.05) is 19.6 Å². The maximum atomic E-state index is 5.98. The van der Waals surface area contributed by atoms with Crippen LogP contribution in [0.2, 0.25) is 5.02 Å². The quantitative estimate of drug-likeness (QED) is 0.722. The molecule has 0 spiro atoms. The molecule has 20 heavy (non-hydrogen) atoms. The Bertz CT molecular complexity index is 362. The zero-order valence-electron chi connectivity index (χ0n) is 13.3. The summed E-state index contributed by atoms with van der Waals surface area (Å²) in [6, 6.07) is 9.27. The second-order valence-electron chi connectivity index (χ2n) is 5.57. The molecule has 1 unspecified atom stereocenters. The third-order valence-corrected chi connectivity index (χ3v) is 4.01. The molecule has 0 bridgehead atoms. The Balaban J connectivity index is 2.66. The van der Waals surface area contributed by atoms with Crippen molar-refractivity contribution in [1.29, 1.82) is 0 Å². The van der Waals surface area contributed by atoms with Crippen molar-refractivity contribution < 1.29 is 0 Å². The number of nitrogens with zero attached hydrogens (tertiary/aromatic N) is 1. The molecule has 0 aromatic heterocycles. The van der Waals surface area contributed by atoms with E-state index in [0.717, 1.165) is 37.5 Å². The Morgan fingerprint density at radius 1 is 1.15 bits per heavy atom. The van der Waals surface area contributed by atoms with E-state index in [0.29, 0.717) is 12.1 Å². The van der Waals surface area contributed by atoms with E-state index < -0.39 is 0 Å². The lowest BCUT2D eigenvalue weighted by Gasteiger charge is -2.28. The highest BCUT2D eigenvalue weighted by Crippen LogP contribution is 2.20. The third kappa shape index (κ3) is 5.82. The van der Waals surface area contributed by atoms with Gasteiger partial charge in [0, 0.05) is 23.7 Å². The van der Waals surface area contributed by atoms with E-state index in [1.165, 1.54) is 5.56 Å². The molecule has 114 valence electrons. The molecule has 1 aromatic carbocycles. The van der Waals surface area contributed by atoms with Crippen molar-refractivity contribution in [2.24, 2.45) is 0 Å². The molecule has 2 nitrogen and oxygen atoms in total. The topological polar surface area (TPSA) is 15.3 Å². The van der Waals surface area contributed by atoms with Gasteiger partial charge in [0.15, 0.2) is 0 Å². The minimum atomic E-state index is 0.417. The maximum absolute atomic E-state index is 5.98. The number of hydrogen-bond donors (Lipinski definition) is 1. The van der Waals surface area contributed by atoms with Crippen LogP contribution < -0.4 is 5.32 Å². The van der Waals surface area contributed by atoms with E-state index in [-0.39, 0.29) is 0 Å². The van der Waals surface area contributed by atoms with Crippen LogP contribution in [0.5, 0.6) is 0 Å². The first-order valence-electron chi connectivity index (χ1n) is 7.81. The molecule has 1 N–H and O–H groups in total. The van der Waals surface area contributed by atoms with Crippen LogP contribution in [-0.4, -0.2) is 30.6 Å². The van der Waals surface area contributed by atoms with Crippen molar-refractivity contribution in [3.05, 3.63) is 34.9 Å². The van der Waals surface area contributed by atoms with Crippen molar-refractivity contribution in [3.8, 4) is 0 Å². The van der Waals surface area contributed by atoms with E-state index in [1.54, 1.807) is 0 Å². The van der Waals surface area contributed by atoms with Crippen LogP contribution >= 0.6 is 11.6 Å². The van der Waals surface area contributed by atoms with E-state index >= 15 is 0 Å². The summed E-state index contributed by atoms with van der Waals surface area (Å²) in [4.78, 5) is 2.51. The molecule has 0 radical (unpaired) electrons. The van der Waals surface area contributed by atoms with E-state index in [4.69, 9.17) is 11.6 Å². The lowest BCUT2D eigenvalue weighted by atomic mass is 10.0. The van der Waals surface area contributed by atoms with Crippen LogP contribution in [-0.2, 0) is 0 Å². The minimum absolute atomic E-state index is 0.417. The normalized spacial score (nSPS) is 13.2. The molecule has 1 atom stereocenters. The number of halogens is 1. The van der Waals surface area contributed by atoms with Crippen LogP contribution in [0.1, 0.15) is 52.1 Å². The SMILES string of the molecule is CCCNC(CCN(CC)C(C)C)c1ccc(Cl)cc1. The Hall–Kier alpha value is -0.570. The molecule has 0 saturated heterocycles. The summed E-state index contributed by atoms with van der Waals surface area (Å²) >= 11 is 5.98. The Morgan fingerprint density at radius 3 is 2.30 bits per heavy atom. The van der Waals surface area contributed by atoms with E-state index in [2.05, 4.69) is 50.0 Å². The molecule has 0 fully saturated rings. The fourth-order valence-corrected chi connectivity index (χ4v) is 2.60. The molecule has 0 aliphatic heterocycles. The lowest BCUT2D eigenvalue weighted by Crippen LogP contribution is -2.34. The Kier molecular flexibility index (Phi) is 8.20. The standard InChI is InChI=1S/C17H29ClN2/c1-5-12-19-17(11-13-20(6-2)14(3)4)15-7-9-16(18)10-8-15/h7-10,14,17,19H,5-6,11-13H2,1-4H3. The Morgan fingerprint density at radius 2 is 1.80 bits per heavy atom. The minimum Gasteiger partial charge on any atom is -0.310 e. The predicted molar refractivity (Wildman–Crippen MR) is 89.5 cm³/mol. The van der Waals surface area contributed by atoms with E-state index in [9.17, 15) is 0 Å². The van der Waals surface area contributed by atoms with Gasteiger partial charge in [-0.3, -0.25) is 0 Å². The fourth-order valence-electron chi connectivity index (χ4n) is 2.48. The second kappa shape index (κ2) is 9.38. The van der Waals surface area contributed by atoms with Gasteiger partial charge in [-0.15, -0.1) is 0 Å². The summed E-state index contributed by atoms with van der Waals surface area (Å²) in [6.45, 7) is 12.3. The second-order valence-corrected chi connectivity index (χ2v) is 6.01. The van der Waals surface area contributed by atoms with Gasteiger partial charge in [-0.25, -0.2) is 0 Å². The Labute approximate surface area is 129 Å². The number of benzene rings is 1. The van der Waals surface area contributed by atoms with Crippen molar-refractivity contribution in [1.82, 2.24) is 10.2 Å². The van der Waals surface area contributed by atoms with Gasteiger partial charge in [0.1, 0.15) is 0 Å². The predicted octanol–water partition coefficient (Wildman–Crippen LogP) is 4.50. The summed E-state index contributed by atoms with van der Waals surface area (Å²) in [5, 5.41) is 4.46. The molecule has 0 saturated carbocycles. The number of hydrogen-bond acceptors (Lipinski definition) is 2. The van der Waals surface area contributed by atoms with Gasteiger partial charge in [0.25, 0.3) is 0 Å². The van der Waals surface area contributed by atoms with Crippen LogP contribution in [0.25, 0.3) is 0 Å². The summed E-state index contributed by atoms with van der Waals surface area (Å²) < 4.78 is 0. The van der Waals surface area contributed by atoms with Crippen molar-refractivity contribution in [2.45, 2.75) is 52.6 Å². The lowest BCUT2D eigenvalue weighted by molar-refractivity contribution is 0.220. The highest BCUT2D eigenvalue weighted by molar-refractivity contribution is 6.30. The average molecular weight is 297 g/mol. The van der Waals surface area contributed by atoms with Crippen molar-refractivity contribution in [3.63, 3.8) is 0 Å². The molecule has 0 aliphatic rings. The fraction of sp³-hybridized carbons (Fsp3) is 0.647. The van der Waals surface area contributed by atoms with Gasteiger partial charge in [0.05, 0.1) is 0 Å². The van der Waals surface area contributed by atoms with Gasteiger partial charge >= 0.3 is 0 Å². The van der Waals surface area contributed by atoms with Crippen LogP contribution in [0.15, 0.2) is 24.3 Å². The molecular weight excluding hydrogens is 268 g/mol. The largest absolute Gasteiger partial charge is 0.310 e. The summed E-state index contributed by atoms with van der Waals surface area (Å²) in [5.41, 5.74) is 1.34. The van der Waals surface area contributed by atoms with Crippen LogP contribution in [0, 0.1) is 0 Å². The van der Waals surface area contributed by atoms with Crippen LogP contribution in [0.3, 0.4) is 0 Å². The zero-order valence-corrected chi connectivity index (χ0v) is 14.1. The first-order chi connectivity index (χ1) is 9.58. The highest BCUT2D eigenvalue weighted by Gasteiger charge is 2.14. The molecule has 0 amide bonds. The summed E-state index contributed by atoms with van der Waals surface area (Å²) in [5.74, 6) is 0. The molecule has 1 rings (SSSR count). The molecule has 1 aromatic rings. The number of rotatable bonds is 9. The van der Waals surface area contributed by atoms with E-state index in [1.807, 2.05) is 12.1 Å². The monoisotopic (exact) mass is 296 g/mol. The molecule has 0 heterocycles. The average Bonchev–Trinajstić information content (AvgIpc) is 2.43. The van der Waals surface area contributed by atoms with Gasteiger partial charge in [-0.05, 0) is 57.5 Å². The van der Waals surface area contributed by atoms with Crippen LogP contribution in [0.4, 0.5) is 0 Å². The first kappa shape index (κ1) is 17.5. The van der Waals surface area contributed by atoms with Gasteiger partial charge < -0.3 is 10.2 Å². The molecule has 0 aliphatic carbocycles. The van der Waals surface area contributed by atoms with Gasteiger partial charge in [0.2, 0.25) is 0 Å². The third-order valence-electron chi connectivity index (χ3n) is 3.75. The van der Waals surface area contributed by atoms with Gasteiger partial charge in [-0.1, -0.05) is 37.6 Å². The number of nitrogens with one attached hydrogen (secondary N) is 1. The summed E-state index contributed by atoms with van der Waals surface area (Å²) in [7, 11) is 0. The highest BCUT2D eigenvalue weighted by atomic mass is 35.5. The maximum Gasteiger partial charge on any atom is 0.0406 e. The van der Waals surface area contributed by atoms with Crippen molar-refractivity contribution >= 4 is 11.6 Å². The summed E-state index contributed by atoms with van der Waals surface area (Å²) in [6.07, 6.45) is 2.29. The van der Waals surface area contributed by atoms with Gasteiger partial charge in [-0.2, -0.15) is 0 Å². The zero-order chi connectivity index (χ0) is 15.0. The molecular formula is C17H29ClN2. The molecule has 3 heteroatoms. The smallest absolute Gasteiger partial charge is 0.0406 e. The first-order valence-corrected chi connectivity index (χ1v) is 8.19.